The summed E-state index contributed by atoms with van der Waals surface area (Å²) >= 11 is 1.88. The van der Waals surface area contributed by atoms with Gasteiger partial charge in [0, 0.05) is 23.9 Å². The Morgan fingerprint density at radius 2 is 1.96 bits per heavy atom. The van der Waals surface area contributed by atoms with Crippen LogP contribution in [0.5, 0.6) is 5.75 Å². The first-order chi connectivity index (χ1) is 12.8. The van der Waals surface area contributed by atoms with Gasteiger partial charge in [0.15, 0.2) is 0 Å². The summed E-state index contributed by atoms with van der Waals surface area (Å²) in [6, 6.07) is 8.54. The second-order valence-corrected chi connectivity index (χ2v) is 8.38. The molecule has 2 aromatic heterocycles. The van der Waals surface area contributed by atoms with Gasteiger partial charge < -0.3 is 9.64 Å². The zero-order valence-electron chi connectivity index (χ0n) is 15.1. The first-order valence-corrected chi connectivity index (χ1v) is 10.3. The molecule has 1 atom stereocenters. The lowest BCUT2D eigenvalue weighted by molar-refractivity contribution is 0.414. The molecule has 0 bridgehead atoms. The molecule has 1 unspecified atom stereocenters. The number of ether oxygens (including phenoxy) is 1. The Labute approximate surface area is 157 Å². The molecule has 0 amide bonds. The standard InChI is InChI=1S/C21H23N3OS/c1-25-16-8-6-14(7-9-16)15-10-11-24(12-15)20-19-17-4-2-3-5-18(17)26-21(19)23-13-22-20/h6-9,13,15H,2-5,10-12H2,1H3. The van der Waals surface area contributed by atoms with Crippen LogP contribution >= 0.6 is 11.3 Å². The van der Waals surface area contributed by atoms with E-state index >= 15 is 0 Å². The van der Waals surface area contributed by atoms with Crippen LogP contribution < -0.4 is 9.64 Å². The summed E-state index contributed by atoms with van der Waals surface area (Å²) in [4.78, 5) is 14.5. The van der Waals surface area contributed by atoms with Crippen molar-refractivity contribution in [1.29, 1.82) is 0 Å². The van der Waals surface area contributed by atoms with E-state index in [1.165, 1.54) is 53.4 Å². The maximum atomic E-state index is 5.29. The van der Waals surface area contributed by atoms with E-state index in [1.54, 1.807) is 18.3 Å². The smallest absolute Gasteiger partial charge is 0.141 e. The van der Waals surface area contributed by atoms with Gasteiger partial charge in [-0.25, -0.2) is 9.97 Å². The van der Waals surface area contributed by atoms with E-state index < -0.39 is 0 Å². The normalized spacial score (nSPS) is 19.7. The Morgan fingerprint density at radius 1 is 1.12 bits per heavy atom. The van der Waals surface area contributed by atoms with Gasteiger partial charge in [0.25, 0.3) is 0 Å². The highest BCUT2D eigenvalue weighted by atomic mass is 32.1. The van der Waals surface area contributed by atoms with Crippen molar-refractivity contribution in [2.45, 2.75) is 38.0 Å². The topological polar surface area (TPSA) is 38.2 Å². The van der Waals surface area contributed by atoms with Crippen LogP contribution in [0.25, 0.3) is 10.2 Å². The molecule has 3 heterocycles. The summed E-state index contributed by atoms with van der Waals surface area (Å²) in [6.45, 7) is 2.09. The monoisotopic (exact) mass is 365 g/mol. The van der Waals surface area contributed by atoms with Crippen molar-refractivity contribution in [1.82, 2.24) is 9.97 Å². The van der Waals surface area contributed by atoms with E-state index in [9.17, 15) is 0 Å². The lowest BCUT2D eigenvalue weighted by atomic mass is 9.97. The minimum atomic E-state index is 0.556. The summed E-state index contributed by atoms with van der Waals surface area (Å²) in [5, 5.41) is 1.34. The summed E-state index contributed by atoms with van der Waals surface area (Å²) in [7, 11) is 1.72. The molecule has 5 heteroatoms. The molecule has 4 nitrogen and oxygen atoms in total. The van der Waals surface area contributed by atoms with Gasteiger partial charge in [-0.15, -0.1) is 11.3 Å². The number of rotatable bonds is 3. The molecule has 134 valence electrons. The Hall–Kier alpha value is -2.14. The average molecular weight is 366 g/mol. The van der Waals surface area contributed by atoms with Gasteiger partial charge in [-0.05, 0) is 55.4 Å². The average Bonchev–Trinajstić information content (AvgIpc) is 3.33. The minimum Gasteiger partial charge on any atom is -0.497 e. The lowest BCUT2D eigenvalue weighted by Crippen LogP contribution is -2.21. The fourth-order valence-corrected chi connectivity index (χ4v) is 5.64. The van der Waals surface area contributed by atoms with Crippen molar-refractivity contribution < 1.29 is 4.74 Å². The van der Waals surface area contributed by atoms with Crippen molar-refractivity contribution in [2.75, 3.05) is 25.1 Å². The second kappa shape index (κ2) is 6.54. The fraction of sp³-hybridized carbons (Fsp3) is 0.429. The quantitative estimate of drug-likeness (QED) is 0.681. The summed E-state index contributed by atoms with van der Waals surface area (Å²) in [5.74, 6) is 2.64. The third-order valence-electron chi connectivity index (χ3n) is 5.81. The molecule has 1 fully saturated rings. The molecule has 1 saturated heterocycles. The summed E-state index contributed by atoms with van der Waals surface area (Å²) in [6.07, 6.45) is 7.92. The Balaban J connectivity index is 1.46. The molecule has 1 aliphatic heterocycles. The first kappa shape index (κ1) is 16.1. The summed E-state index contributed by atoms with van der Waals surface area (Å²) < 4.78 is 5.29. The highest BCUT2D eigenvalue weighted by molar-refractivity contribution is 7.19. The molecule has 1 aliphatic carbocycles. The molecule has 5 rings (SSSR count). The molecule has 26 heavy (non-hydrogen) atoms. The number of benzene rings is 1. The molecule has 1 aromatic carbocycles. The van der Waals surface area contributed by atoms with Crippen LogP contribution in [-0.2, 0) is 12.8 Å². The van der Waals surface area contributed by atoms with Crippen LogP contribution in [0.1, 0.15) is 41.2 Å². The zero-order chi connectivity index (χ0) is 17.5. The van der Waals surface area contributed by atoms with E-state index in [0.717, 1.165) is 24.7 Å². The third kappa shape index (κ3) is 2.65. The molecule has 0 N–H and O–H groups in total. The predicted molar refractivity (Wildman–Crippen MR) is 107 cm³/mol. The number of hydrogen-bond acceptors (Lipinski definition) is 5. The van der Waals surface area contributed by atoms with E-state index in [2.05, 4.69) is 34.1 Å². The van der Waals surface area contributed by atoms with Gasteiger partial charge >= 0.3 is 0 Å². The Bertz CT molecular complexity index is 934. The largest absolute Gasteiger partial charge is 0.497 e. The molecule has 3 aromatic rings. The second-order valence-electron chi connectivity index (χ2n) is 7.29. The van der Waals surface area contributed by atoms with Crippen molar-refractivity contribution in [3.05, 3.63) is 46.6 Å². The van der Waals surface area contributed by atoms with Gasteiger partial charge in [0.1, 0.15) is 22.7 Å². The van der Waals surface area contributed by atoms with Crippen molar-refractivity contribution in [3.63, 3.8) is 0 Å². The molecule has 0 radical (unpaired) electrons. The molecule has 0 spiro atoms. The van der Waals surface area contributed by atoms with E-state index in [4.69, 9.17) is 9.72 Å². The Kier molecular flexibility index (Phi) is 4.04. The number of methoxy groups -OCH3 is 1. The lowest BCUT2D eigenvalue weighted by Gasteiger charge is -2.20. The Morgan fingerprint density at radius 3 is 2.81 bits per heavy atom. The third-order valence-corrected chi connectivity index (χ3v) is 7.01. The maximum Gasteiger partial charge on any atom is 0.141 e. The minimum absolute atomic E-state index is 0.556. The maximum absolute atomic E-state index is 5.29. The van der Waals surface area contributed by atoms with E-state index in [0.29, 0.717) is 5.92 Å². The number of fused-ring (bicyclic) bond motifs is 3. The fourth-order valence-electron chi connectivity index (χ4n) is 4.41. The first-order valence-electron chi connectivity index (χ1n) is 9.47. The molecule has 0 saturated carbocycles. The number of aromatic nitrogens is 2. The number of aryl methyl sites for hydroxylation is 2. The van der Waals surface area contributed by atoms with Crippen LogP contribution in [0.3, 0.4) is 0 Å². The van der Waals surface area contributed by atoms with Crippen LogP contribution in [0.15, 0.2) is 30.6 Å². The molecular formula is C21H23N3OS. The number of nitrogens with zero attached hydrogens (tertiary/aromatic N) is 3. The highest BCUT2D eigenvalue weighted by Crippen LogP contribution is 2.41. The van der Waals surface area contributed by atoms with Crippen LogP contribution in [0.2, 0.25) is 0 Å². The molecular weight excluding hydrogens is 342 g/mol. The van der Waals surface area contributed by atoms with E-state index in [1.807, 2.05) is 11.3 Å². The van der Waals surface area contributed by atoms with Gasteiger partial charge in [0.05, 0.1) is 12.5 Å². The zero-order valence-corrected chi connectivity index (χ0v) is 15.9. The van der Waals surface area contributed by atoms with Gasteiger partial charge in [-0.2, -0.15) is 0 Å². The van der Waals surface area contributed by atoms with Crippen LogP contribution in [0, 0.1) is 0 Å². The highest BCUT2D eigenvalue weighted by Gasteiger charge is 2.28. The number of anilines is 1. The summed E-state index contributed by atoms with van der Waals surface area (Å²) in [5.41, 5.74) is 2.92. The van der Waals surface area contributed by atoms with E-state index in [-0.39, 0.29) is 0 Å². The van der Waals surface area contributed by atoms with Crippen molar-refractivity contribution >= 4 is 27.4 Å². The number of thiophene rings is 1. The SMILES string of the molecule is COc1ccc(C2CCN(c3ncnc4sc5c(c34)CCCC5)C2)cc1. The number of hydrogen-bond donors (Lipinski definition) is 0. The van der Waals surface area contributed by atoms with Crippen LogP contribution in [0.4, 0.5) is 5.82 Å². The van der Waals surface area contributed by atoms with Crippen molar-refractivity contribution in [2.24, 2.45) is 0 Å². The van der Waals surface area contributed by atoms with Gasteiger partial charge in [-0.1, -0.05) is 12.1 Å². The van der Waals surface area contributed by atoms with Gasteiger partial charge in [0.2, 0.25) is 0 Å². The van der Waals surface area contributed by atoms with Gasteiger partial charge in [-0.3, -0.25) is 0 Å². The van der Waals surface area contributed by atoms with Crippen molar-refractivity contribution in [3.8, 4) is 5.75 Å². The molecule has 2 aliphatic rings. The predicted octanol–water partition coefficient (Wildman–Crippen LogP) is 4.57. The van der Waals surface area contributed by atoms with Crippen LogP contribution in [-0.4, -0.2) is 30.2 Å².